The van der Waals surface area contributed by atoms with E-state index in [0.29, 0.717) is 0 Å². The van der Waals surface area contributed by atoms with Crippen LogP contribution in [-0.4, -0.2) is 33.5 Å². The van der Waals surface area contributed by atoms with Gasteiger partial charge in [-0.25, -0.2) is 4.79 Å². The second-order valence-electron chi connectivity index (χ2n) is 3.97. The van der Waals surface area contributed by atoms with Gasteiger partial charge in [0.2, 0.25) is 0 Å². The molecular formula is C11H12N2O4S. The van der Waals surface area contributed by atoms with Crippen molar-refractivity contribution < 1.29 is 14.8 Å². The molecule has 1 aliphatic heterocycles. The highest BCUT2D eigenvalue weighted by atomic mass is 32.2. The molecule has 1 atom stereocenters. The smallest absolute Gasteiger partial charge is 0.338 e. The molecule has 1 fully saturated rings. The number of para-hydroxylation sites is 1. The van der Waals surface area contributed by atoms with Gasteiger partial charge in [-0.15, -0.1) is 0 Å². The van der Waals surface area contributed by atoms with Crippen LogP contribution < -0.4 is 5.32 Å². The van der Waals surface area contributed by atoms with Gasteiger partial charge in [0, 0.05) is 17.9 Å². The van der Waals surface area contributed by atoms with Gasteiger partial charge in [-0.3, -0.25) is 10.1 Å². The lowest BCUT2D eigenvalue weighted by Crippen LogP contribution is -2.21. The third-order valence-electron chi connectivity index (χ3n) is 2.75. The van der Waals surface area contributed by atoms with Crippen molar-refractivity contribution >= 4 is 29.1 Å². The molecule has 2 N–H and O–H groups in total. The highest BCUT2D eigenvalue weighted by molar-refractivity contribution is 7.99. The van der Waals surface area contributed by atoms with E-state index in [4.69, 9.17) is 5.11 Å². The number of nitro benzene ring substituents is 1. The van der Waals surface area contributed by atoms with Gasteiger partial charge in [0.1, 0.15) is 5.69 Å². The van der Waals surface area contributed by atoms with Crippen LogP contribution >= 0.6 is 11.8 Å². The lowest BCUT2D eigenvalue weighted by Gasteiger charge is -2.14. The zero-order chi connectivity index (χ0) is 13.1. The molecule has 1 aromatic rings. The molecular weight excluding hydrogens is 256 g/mol. The van der Waals surface area contributed by atoms with Crippen molar-refractivity contribution in [2.24, 2.45) is 0 Å². The molecule has 0 aliphatic carbocycles. The Hall–Kier alpha value is -1.76. The van der Waals surface area contributed by atoms with Crippen LogP contribution in [0.5, 0.6) is 0 Å². The third-order valence-corrected chi connectivity index (χ3v) is 3.91. The molecule has 1 saturated heterocycles. The van der Waals surface area contributed by atoms with Crippen LogP contribution in [0, 0.1) is 10.1 Å². The second kappa shape index (κ2) is 5.26. The first-order valence-corrected chi connectivity index (χ1v) is 6.60. The standard InChI is InChI=1S/C11H12N2O4S/c14-11(15)8-2-1-3-9(13(16)17)10(8)12-7-4-5-18-6-7/h1-3,7,12H,4-6H2,(H,14,15). The summed E-state index contributed by atoms with van der Waals surface area (Å²) in [5.41, 5.74) is -0.129. The van der Waals surface area contributed by atoms with Crippen molar-refractivity contribution in [3.8, 4) is 0 Å². The van der Waals surface area contributed by atoms with Gasteiger partial charge in [-0.2, -0.15) is 11.8 Å². The SMILES string of the molecule is O=C(O)c1cccc([N+](=O)[O-])c1NC1CCSC1. The van der Waals surface area contributed by atoms with E-state index in [9.17, 15) is 14.9 Å². The molecule has 0 bridgehead atoms. The molecule has 0 saturated carbocycles. The zero-order valence-corrected chi connectivity index (χ0v) is 10.3. The number of nitrogens with zero attached hydrogens (tertiary/aromatic N) is 1. The van der Waals surface area contributed by atoms with E-state index >= 15 is 0 Å². The molecule has 1 aliphatic rings. The molecule has 0 amide bonds. The van der Waals surface area contributed by atoms with E-state index in [1.807, 2.05) is 0 Å². The van der Waals surface area contributed by atoms with E-state index < -0.39 is 10.9 Å². The summed E-state index contributed by atoms with van der Waals surface area (Å²) in [7, 11) is 0. The van der Waals surface area contributed by atoms with Crippen LogP contribution in [-0.2, 0) is 0 Å². The fourth-order valence-electron chi connectivity index (χ4n) is 1.87. The van der Waals surface area contributed by atoms with Crippen molar-refractivity contribution in [1.82, 2.24) is 0 Å². The number of rotatable bonds is 4. The Bertz CT molecular complexity index is 454. The number of carboxylic acid groups (broad SMARTS) is 1. The molecule has 96 valence electrons. The van der Waals surface area contributed by atoms with Crippen molar-refractivity contribution in [3.05, 3.63) is 33.9 Å². The second-order valence-corrected chi connectivity index (χ2v) is 5.12. The maximum absolute atomic E-state index is 11.1. The normalized spacial score (nSPS) is 18.6. The van der Waals surface area contributed by atoms with Crippen LogP contribution in [0.2, 0.25) is 0 Å². The van der Waals surface area contributed by atoms with E-state index in [-0.39, 0.29) is 23.0 Å². The number of thioether (sulfide) groups is 1. The van der Waals surface area contributed by atoms with Gasteiger partial charge in [0.15, 0.2) is 0 Å². The molecule has 7 heteroatoms. The Morgan fingerprint density at radius 3 is 2.89 bits per heavy atom. The summed E-state index contributed by atoms with van der Waals surface area (Å²) in [6.07, 6.45) is 0.885. The predicted molar refractivity (Wildman–Crippen MR) is 69.4 cm³/mol. The average Bonchev–Trinajstić information content (AvgIpc) is 2.81. The fraction of sp³-hybridized carbons (Fsp3) is 0.364. The predicted octanol–water partition coefficient (Wildman–Crippen LogP) is 2.21. The van der Waals surface area contributed by atoms with Gasteiger partial charge in [-0.1, -0.05) is 6.07 Å². The first kappa shape index (κ1) is 12.7. The van der Waals surface area contributed by atoms with Gasteiger partial charge in [-0.05, 0) is 18.2 Å². The van der Waals surface area contributed by atoms with Crippen molar-refractivity contribution in [3.63, 3.8) is 0 Å². The molecule has 1 aromatic carbocycles. The van der Waals surface area contributed by atoms with Crippen LogP contribution in [0.1, 0.15) is 16.8 Å². The number of carboxylic acids is 1. The summed E-state index contributed by atoms with van der Waals surface area (Å²) < 4.78 is 0. The quantitative estimate of drug-likeness (QED) is 0.642. The fourth-order valence-corrected chi connectivity index (χ4v) is 3.03. The van der Waals surface area contributed by atoms with Crippen LogP contribution in [0.4, 0.5) is 11.4 Å². The zero-order valence-electron chi connectivity index (χ0n) is 9.46. The maximum Gasteiger partial charge on any atom is 0.338 e. The molecule has 0 spiro atoms. The van der Waals surface area contributed by atoms with E-state index in [2.05, 4.69) is 5.32 Å². The monoisotopic (exact) mass is 268 g/mol. The number of nitrogens with one attached hydrogen (secondary N) is 1. The summed E-state index contributed by atoms with van der Waals surface area (Å²) in [6.45, 7) is 0. The summed E-state index contributed by atoms with van der Waals surface area (Å²) in [5.74, 6) is 0.665. The highest BCUT2D eigenvalue weighted by Crippen LogP contribution is 2.31. The van der Waals surface area contributed by atoms with Gasteiger partial charge in [0.25, 0.3) is 5.69 Å². The van der Waals surface area contributed by atoms with Crippen molar-refractivity contribution in [1.29, 1.82) is 0 Å². The molecule has 1 unspecified atom stereocenters. The first-order chi connectivity index (χ1) is 8.59. The van der Waals surface area contributed by atoms with Crippen molar-refractivity contribution in [2.45, 2.75) is 12.5 Å². The molecule has 2 rings (SSSR count). The van der Waals surface area contributed by atoms with E-state index in [1.54, 1.807) is 11.8 Å². The number of carbonyl (C=O) groups is 1. The summed E-state index contributed by atoms with van der Waals surface area (Å²) in [4.78, 5) is 21.5. The number of nitro groups is 1. The van der Waals surface area contributed by atoms with Crippen LogP contribution in [0.3, 0.4) is 0 Å². The average molecular weight is 268 g/mol. The number of hydrogen-bond donors (Lipinski definition) is 2. The first-order valence-electron chi connectivity index (χ1n) is 5.44. The Kier molecular flexibility index (Phi) is 3.71. The lowest BCUT2D eigenvalue weighted by molar-refractivity contribution is -0.384. The summed E-state index contributed by atoms with van der Waals surface area (Å²) in [6, 6.07) is 4.17. The number of benzene rings is 1. The molecule has 6 nitrogen and oxygen atoms in total. The minimum Gasteiger partial charge on any atom is -0.478 e. The van der Waals surface area contributed by atoms with Crippen LogP contribution in [0.25, 0.3) is 0 Å². The number of hydrogen-bond acceptors (Lipinski definition) is 5. The third kappa shape index (κ3) is 2.56. The van der Waals surface area contributed by atoms with Gasteiger partial charge < -0.3 is 10.4 Å². The van der Waals surface area contributed by atoms with E-state index in [1.165, 1.54) is 18.2 Å². The largest absolute Gasteiger partial charge is 0.478 e. The lowest BCUT2D eigenvalue weighted by atomic mass is 10.1. The summed E-state index contributed by atoms with van der Waals surface area (Å²) in [5, 5.41) is 23.0. The Morgan fingerprint density at radius 2 is 2.33 bits per heavy atom. The minimum atomic E-state index is -1.16. The molecule has 0 aromatic heterocycles. The van der Waals surface area contributed by atoms with Gasteiger partial charge in [0.05, 0.1) is 10.5 Å². The Balaban J connectivity index is 2.39. The Morgan fingerprint density at radius 1 is 1.56 bits per heavy atom. The summed E-state index contributed by atoms with van der Waals surface area (Å²) >= 11 is 1.75. The minimum absolute atomic E-state index is 0.0545. The topological polar surface area (TPSA) is 92.5 Å². The van der Waals surface area contributed by atoms with Gasteiger partial charge >= 0.3 is 5.97 Å². The Labute approximate surface area is 108 Å². The molecule has 0 radical (unpaired) electrons. The number of aromatic carboxylic acids is 1. The van der Waals surface area contributed by atoms with Crippen molar-refractivity contribution in [2.75, 3.05) is 16.8 Å². The molecule has 18 heavy (non-hydrogen) atoms. The van der Waals surface area contributed by atoms with E-state index in [0.717, 1.165) is 17.9 Å². The van der Waals surface area contributed by atoms with Crippen LogP contribution in [0.15, 0.2) is 18.2 Å². The maximum atomic E-state index is 11.1. The number of anilines is 1. The highest BCUT2D eigenvalue weighted by Gasteiger charge is 2.25. The molecule has 1 heterocycles.